The molecule has 1 rings (SSSR count). The first-order chi connectivity index (χ1) is 8.10. The largest absolute Gasteiger partial charge is 0.372 e. The second-order valence-electron chi connectivity index (χ2n) is 3.52. The summed E-state index contributed by atoms with van der Waals surface area (Å²) in [6.45, 7) is 0.732. The van der Waals surface area contributed by atoms with Crippen LogP contribution < -0.4 is 5.32 Å². The smallest absolute Gasteiger partial charge is 0.257 e. The van der Waals surface area contributed by atoms with Gasteiger partial charge in [0.15, 0.2) is 0 Å². The second kappa shape index (κ2) is 6.86. The van der Waals surface area contributed by atoms with E-state index < -0.39 is 0 Å². The Labute approximate surface area is 114 Å². The molecule has 0 atom stereocenters. The molecule has 4 nitrogen and oxygen atoms in total. The van der Waals surface area contributed by atoms with Crippen molar-refractivity contribution in [1.82, 2.24) is 9.88 Å². The van der Waals surface area contributed by atoms with Crippen LogP contribution in [0.3, 0.4) is 0 Å². The molecule has 0 radical (unpaired) electrons. The second-order valence-corrected chi connectivity index (χ2v) is 5.42. The van der Waals surface area contributed by atoms with Crippen LogP contribution in [0.5, 0.6) is 0 Å². The molecule has 1 N–H and O–H groups in total. The molecule has 0 saturated heterocycles. The Kier molecular flexibility index (Phi) is 5.77. The highest BCUT2D eigenvalue weighted by Gasteiger charge is 2.16. The quantitative estimate of drug-likeness (QED) is 0.905. The molecule has 94 valence electrons. The summed E-state index contributed by atoms with van der Waals surface area (Å²) in [7, 11) is 3.56. The van der Waals surface area contributed by atoms with Gasteiger partial charge < -0.3 is 10.2 Å². The fraction of sp³-hybridized carbons (Fsp3) is 0.455. The summed E-state index contributed by atoms with van der Waals surface area (Å²) >= 11 is 5.05. The number of hydrogen-bond donors (Lipinski definition) is 1. The lowest BCUT2D eigenvalue weighted by Gasteiger charge is -2.18. The Morgan fingerprint density at radius 2 is 2.35 bits per heavy atom. The first-order valence-corrected chi connectivity index (χ1v) is 7.36. The molecule has 0 saturated carbocycles. The molecule has 0 aliphatic heterocycles. The van der Waals surface area contributed by atoms with E-state index >= 15 is 0 Å². The van der Waals surface area contributed by atoms with Gasteiger partial charge in [0.2, 0.25) is 0 Å². The number of pyridine rings is 1. The third-order valence-corrected chi connectivity index (χ3v) is 3.32. The van der Waals surface area contributed by atoms with Crippen LogP contribution in [0.25, 0.3) is 0 Å². The highest BCUT2D eigenvalue weighted by Crippen LogP contribution is 2.19. The summed E-state index contributed by atoms with van der Waals surface area (Å²) in [4.78, 5) is 18.1. The molecule has 1 aromatic rings. The van der Waals surface area contributed by atoms with Gasteiger partial charge in [-0.2, -0.15) is 11.8 Å². The standard InChI is InChI=1S/C11H16BrN3OS/c1-13-10-9(6-8(12)7-14-10)11(16)15(2)4-5-17-3/h6-7H,4-5H2,1-3H3,(H,13,14). The Bertz CT molecular complexity index is 400. The average Bonchev–Trinajstić information content (AvgIpc) is 2.34. The molecule has 0 aromatic carbocycles. The number of nitrogens with one attached hydrogen (secondary N) is 1. The molecule has 0 spiro atoms. The predicted molar refractivity (Wildman–Crippen MR) is 76.8 cm³/mol. The van der Waals surface area contributed by atoms with Gasteiger partial charge in [0.25, 0.3) is 5.91 Å². The minimum absolute atomic E-state index is 0.0165. The van der Waals surface area contributed by atoms with Gasteiger partial charge in [-0.05, 0) is 28.3 Å². The number of amides is 1. The number of aromatic nitrogens is 1. The maximum atomic E-state index is 12.2. The van der Waals surface area contributed by atoms with Crippen molar-refractivity contribution in [3.05, 3.63) is 22.3 Å². The van der Waals surface area contributed by atoms with E-state index in [4.69, 9.17) is 0 Å². The van der Waals surface area contributed by atoms with Gasteiger partial charge in [0.05, 0.1) is 5.56 Å². The van der Waals surface area contributed by atoms with Crippen molar-refractivity contribution in [2.75, 3.05) is 38.0 Å². The van der Waals surface area contributed by atoms with E-state index in [1.807, 2.05) is 6.26 Å². The zero-order chi connectivity index (χ0) is 12.8. The Balaban J connectivity index is 2.90. The van der Waals surface area contributed by atoms with Crippen LogP contribution in [-0.4, -0.2) is 48.4 Å². The van der Waals surface area contributed by atoms with Crippen molar-refractivity contribution >= 4 is 39.4 Å². The number of anilines is 1. The molecule has 1 amide bonds. The topological polar surface area (TPSA) is 45.2 Å². The van der Waals surface area contributed by atoms with Gasteiger partial charge >= 0.3 is 0 Å². The first-order valence-electron chi connectivity index (χ1n) is 5.17. The van der Waals surface area contributed by atoms with Gasteiger partial charge in [0, 0.05) is 37.1 Å². The van der Waals surface area contributed by atoms with Gasteiger partial charge in [-0.25, -0.2) is 4.98 Å². The highest BCUT2D eigenvalue weighted by atomic mass is 79.9. The molecule has 0 bridgehead atoms. The molecule has 17 heavy (non-hydrogen) atoms. The van der Waals surface area contributed by atoms with E-state index in [2.05, 4.69) is 26.2 Å². The summed E-state index contributed by atoms with van der Waals surface area (Å²) in [5.74, 6) is 1.52. The van der Waals surface area contributed by atoms with E-state index in [1.165, 1.54) is 0 Å². The lowest BCUT2D eigenvalue weighted by molar-refractivity contribution is 0.0804. The summed E-state index contributed by atoms with van der Waals surface area (Å²) < 4.78 is 0.804. The average molecular weight is 318 g/mol. The van der Waals surface area contributed by atoms with Crippen LogP contribution >= 0.6 is 27.7 Å². The van der Waals surface area contributed by atoms with E-state index in [0.717, 1.165) is 16.8 Å². The van der Waals surface area contributed by atoms with Gasteiger partial charge in [-0.3, -0.25) is 4.79 Å². The lowest BCUT2D eigenvalue weighted by atomic mass is 10.2. The third-order valence-electron chi connectivity index (χ3n) is 2.30. The predicted octanol–water partition coefficient (Wildman–Crippen LogP) is 2.32. The summed E-state index contributed by atoms with van der Waals surface area (Å²) in [5, 5.41) is 2.93. The Morgan fingerprint density at radius 1 is 1.65 bits per heavy atom. The SMILES string of the molecule is CNc1ncc(Br)cc1C(=O)N(C)CCSC. The fourth-order valence-corrected chi connectivity index (χ4v) is 2.12. The number of hydrogen-bond acceptors (Lipinski definition) is 4. The minimum Gasteiger partial charge on any atom is -0.372 e. The normalized spacial score (nSPS) is 10.1. The molecule has 0 unspecified atom stereocenters. The Morgan fingerprint density at radius 3 is 2.94 bits per heavy atom. The number of nitrogens with zero attached hydrogens (tertiary/aromatic N) is 2. The van der Waals surface area contributed by atoms with Crippen LogP contribution in [0.4, 0.5) is 5.82 Å². The number of rotatable bonds is 5. The zero-order valence-corrected chi connectivity index (χ0v) is 12.6. The minimum atomic E-state index is -0.0165. The van der Waals surface area contributed by atoms with Crippen molar-refractivity contribution in [3.63, 3.8) is 0 Å². The maximum absolute atomic E-state index is 12.2. The van der Waals surface area contributed by atoms with Gasteiger partial charge in [0.1, 0.15) is 5.82 Å². The zero-order valence-electron chi connectivity index (χ0n) is 10.2. The monoisotopic (exact) mass is 317 g/mol. The van der Waals surface area contributed by atoms with E-state index in [0.29, 0.717) is 11.4 Å². The lowest BCUT2D eigenvalue weighted by Crippen LogP contribution is -2.29. The van der Waals surface area contributed by atoms with Crippen LogP contribution in [0, 0.1) is 0 Å². The van der Waals surface area contributed by atoms with Gasteiger partial charge in [-0.1, -0.05) is 0 Å². The van der Waals surface area contributed by atoms with Crippen LogP contribution in [0.2, 0.25) is 0 Å². The van der Waals surface area contributed by atoms with Gasteiger partial charge in [-0.15, -0.1) is 0 Å². The van der Waals surface area contributed by atoms with Crippen molar-refractivity contribution in [2.24, 2.45) is 0 Å². The molecular formula is C11H16BrN3OS. The Hall–Kier alpha value is -0.750. The van der Waals surface area contributed by atoms with Crippen molar-refractivity contribution in [3.8, 4) is 0 Å². The highest BCUT2D eigenvalue weighted by molar-refractivity contribution is 9.10. The number of thioether (sulfide) groups is 1. The summed E-state index contributed by atoms with van der Waals surface area (Å²) in [6, 6.07) is 1.79. The maximum Gasteiger partial charge on any atom is 0.257 e. The third kappa shape index (κ3) is 3.89. The molecular weight excluding hydrogens is 302 g/mol. The van der Waals surface area contributed by atoms with Crippen molar-refractivity contribution < 1.29 is 4.79 Å². The first kappa shape index (κ1) is 14.3. The molecule has 0 fully saturated rings. The van der Waals surface area contributed by atoms with E-state index in [-0.39, 0.29) is 5.91 Å². The number of halogens is 1. The van der Waals surface area contributed by atoms with E-state index in [9.17, 15) is 4.79 Å². The molecule has 1 heterocycles. The summed E-state index contributed by atoms with van der Waals surface area (Å²) in [6.07, 6.45) is 3.70. The molecule has 0 aliphatic rings. The molecule has 6 heteroatoms. The van der Waals surface area contributed by atoms with Crippen LogP contribution in [-0.2, 0) is 0 Å². The number of carbonyl (C=O) groups is 1. The van der Waals surface area contributed by atoms with Crippen molar-refractivity contribution in [1.29, 1.82) is 0 Å². The van der Waals surface area contributed by atoms with Crippen LogP contribution in [0.15, 0.2) is 16.7 Å². The summed E-state index contributed by atoms with van der Waals surface area (Å²) in [5.41, 5.74) is 0.588. The molecule has 0 aliphatic carbocycles. The van der Waals surface area contributed by atoms with Crippen molar-refractivity contribution in [2.45, 2.75) is 0 Å². The fourth-order valence-electron chi connectivity index (χ4n) is 1.34. The van der Waals surface area contributed by atoms with E-state index in [1.54, 1.807) is 43.0 Å². The molecule has 1 aromatic heterocycles. The number of carbonyl (C=O) groups excluding carboxylic acids is 1. The van der Waals surface area contributed by atoms with Crippen LogP contribution in [0.1, 0.15) is 10.4 Å².